The van der Waals surface area contributed by atoms with Gasteiger partial charge in [-0.15, -0.1) is 0 Å². The molecule has 0 N–H and O–H groups in total. The fourth-order valence-corrected chi connectivity index (χ4v) is 3.21. The molecule has 0 spiro atoms. The summed E-state index contributed by atoms with van der Waals surface area (Å²) < 4.78 is 11.2. The first-order valence-electron chi connectivity index (χ1n) is 8.00. The Morgan fingerprint density at radius 3 is 2.60 bits per heavy atom. The Bertz CT molecular complexity index is 990. The highest BCUT2D eigenvalue weighted by atomic mass is 35.5. The lowest BCUT2D eigenvalue weighted by Gasteiger charge is -2.14. The second-order valence-electron chi connectivity index (χ2n) is 6.31. The summed E-state index contributed by atoms with van der Waals surface area (Å²) in [5.74, 6) is 0.847. The summed E-state index contributed by atoms with van der Waals surface area (Å²) in [5, 5.41) is 1.87. The minimum atomic E-state index is -0.403. The minimum Gasteiger partial charge on any atom is -0.487 e. The predicted octanol–water partition coefficient (Wildman–Crippen LogP) is 6.11. The van der Waals surface area contributed by atoms with Crippen LogP contribution in [0.3, 0.4) is 0 Å². The molecule has 0 saturated carbocycles. The van der Waals surface area contributed by atoms with E-state index in [4.69, 9.17) is 32.4 Å². The van der Waals surface area contributed by atoms with Crippen LogP contribution in [-0.2, 0) is 6.61 Å². The summed E-state index contributed by atoms with van der Waals surface area (Å²) in [5.41, 5.74) is 3.22. The highest BCUT2D eigenvalue weighted by Gasteiger charge is 2.12. The largest absolute Gasteiger partial charge is 0.487 e. The number of aryl methyl sites for hydroxylation is 1. The van der Waals surface area contributed by atoms with E-state index in [2.05, 4.69) is 19.9 Å². The predicted molar refractivity (Wildman–Crippen MR) is 102 cm³/mol. The molecule has 0 unspecified atom stereocenters. The van der Waals surface area contributed by atoms with Gasteiger partial charge in [0.2, 0.25) is 0 Å². The zero-order valence-corrected chi connectivity index (χ0v) is 15.7. The molecule has 0 amide bonds. The third kappa shape index (κ3) is 3.83. The Kier molecular flexibility index (Phi) is 5.07. The van der Waals surface area contributed by atoms with Crippen molar-refractivity contribution >= 4 is 34.2 Å². The summed E-state index contributed by atoms with van der Waals surface area (Å²) in [6, 6.07) is 10.5. The van der Waals surface area contributed by atoms with Gasteiger partial charge in [0.05, 0.1) is 5.02 Å². The minimum absolute atomic E-state index is 0.197. The van der Waals surface area contributed by atoms with Gasteiger partial charge >= 0.3 is 5.63 Å². The van der Waals surface area contributed by atoms with Crippen LogP contribution < -0.4 is 10.4 Å². The maximum absolute atomic E-state index is 11.9. The lowest BCUT2D eigenvalue weighted by Crippen LogP contribution is -2.05. The summed E-state index contributed by atoms with van der Waals surface area (Å²) in [4.78, 5) is 11.9. The van der Waals surface area contributed by atoms with E-state index in [1.165, 1.54) is 11.6 Å². The highest BCUT2D eigenvalue weighted by Crippen LogP contribution is 2.30. The number of fused-ring (bicyclic) bond motifs is 1. The van der Waals surface area contributed by atoms with Gasteiger partial charge in [-0.05, 0) is 48.2 Å². The van der Waals surface area contributed by atoms with Crippen molar-refractivity contribution in [3.8, 4) is 5.75 Å². The van der Waals surface area contributed by atoms with Crippen LogP contribution in [0.25, 0.3) is 11.0 Å². The van der Waals surface area contributed by atoms with E-state index in [1.54, 1.807) is 18.2 Å². The van der Waals surface area contributed by atoms with Gasteiger partial charge in [-0.1, -0.05) is 37.0 Å². The molecule has 0 atom stereocenters. The maximum atomic E-state index is 11.9. The zero-order chi connectivity index (χ0) is 18.1. The highest BCUT2D eigenvalue weighted by molar-refractivity contribution is 6.34. The summed E-state index contributed by atoms with van der Waals surface area (Å²) in [6.45, 7) is 6.48. The van der Waals surface area contributed by atoms with Gasteiger partial charge < -0.3 is 9.15 Å². The van der Waals surface area contributed by atoms with Gasteiger partial charge in [0, 0.05) is 28.1 Å². The molecule has 0 radical (unpaired) electrons. The van der Waals surface area contributed by atoms with Crippen LogP contribution in [0, 0.1) is 6.92 Å². The van der Waals surface area contributed by atoms with Crippen molar-refractivity contribution in [1.29, 1.82) is 0 Å². The molecule has 2 aromatic carbocycles. The fraction of sp³-hybridized carbons (Fsp3) is 0.250. The molecule has 5 heteroatoms. The van der Waals surface area contributed by atoms with Crippen molar-refractivity contribution in [3.63, 3.8) is 0 Å². The monoisotopic (exact) mass is 376 g/mol. The van der Waals surface area contributed by atoms with Gasteiger partial charge in [0.15, 0.2) is 0 Å². The molecule has 0 aliphatic heterocycles. The molecule has 3 rings (SSSR count). The third-order valence-corrected chi connectivity index (χ3v) is 4.66. The van der Waals surface area contributed by atoms with E-state index in [9.17, 15) is 4.79 Å². The first kappa shape index (κ1) is 17.8. The van der Waals surface area contributed by atoms with Crippen molar-refractivity contribution in [3.05, 3.63) is 73.6 Å². The van der Waals surface area contributed by atoms with E-state index >= 15 is 0 Å². The van der Waals surface area contributed by atoms with Crippen molar-refractivity contribution in [1.82, 2.24) is 0 Å². The van der Waals surface area contributed by atoms with Gasteiger partial charge in [-0.2, -0.15) is 0 Å². The molecule has 0 aliphatic rings. The Morgan fingerprint density at radius 2 is 1.88 bits per heavy atom. The molecule has 130 valence electrons. The van der Waals surface area contributed by atoms with Gasteiger partial charge in [-0.3, -0.25) is 0 Å². The molecule has 3 aromatic rings. The van der Waals surface area contributed by atoms with Crippen LogP contribution in [0.5, 0.6) is 5.75 Å². The Morgan fingerprint density at radius 1 is 1.12 bits per heavy atom. The number of rotatable bonds is 4. The van der Waals surface area contributed by atoms with E-state index < -0.39 is 5.63 Å². The Hall–Kier alpha value is -1.97. The van der Waals surface area contributed by atoms with Gasteiger partial charge in [0.1, 0.15) is 17.9 Å². The van der Waals surface area contributed by atoms with Crippen LogP contribution in [0.4, 0.5) is 0 Å². The smallest absolute Gasteiger partial charge is 0.336 e. The van der Waals surface area contributed by atoms with Crippen LogP contribution in [0.15, 0.2) is 45.6 Å². The topological polar surface area (TPSA) is 39.4 Å². The molecule has 25 heavy (non-hydrogen) atoms. The molecular formula is C20H18Cl2O3. The van der Waals surface area contributed by atoms with Crippen LogP contribution >= 0.6 is 23.2 Å². The average Bonchev–Trinajstić information content (AvgIpc) is 2.54. The molecule has 3 nitrogen and oxygen atoms in total. The Labute approximate surface area is 156 Å². The average molecular weight is 377 g/mol. The summed E-state index contributed by atoms with van der Waals surface area (Å²) in [7, 11) is 0. The number of ether oxygens (including phenoxy) is 1. The molecule has 0 fully saturated rings. The lowest BCUT2D eigenvalue weighted by molar-refractivity contribution is 0.307. The summed E-state index contributed by atoms with van der Waals surface area (Å²) in [6.07, 6.45) is 0. The summed E-state index contributed by atoms with van der Waals surface area (Å²) >= 11 is 12.1. The quantitative estimate of drug-likeness (QED) is 0.515. The SMILES string of the molecule is Cc1cc2oc(=O)cc(COc3cc(Cl)ccc3Cl)c2cc1C(C)C. The fourth-order valence-electron chi connectivity index (χ4n) is 2.88. The number of hydrogen-bond donors (Lipinski definition) is 0. The van der Waals surface area contributed by atoms with E-state index in [0.717, 1.165) is 16.5 Å². The molecule has 0 saturated heterocycles. The molecule has 0 bridgehead atoms. The van der Waals surface area contributed by atoms with E-state index in [1.807, 2.05) is 13.0 Å². The standard InChI is InChI=1S/C20H18Cl2O3/c1-11(2)15-9-16-13(7-20(23)25-18(16)6-12(15)3)10-24-19-8-14(21)4-5-17(19)22/h4-9,11H,10H2,1-3H3. The zero-order valence-electron chi connectivity index (χ0n) is 14.2. The molecular weight excluding hydrogens is 359 g/mol. The van der Waals surface area contributed by atoms with E-state index in [0.29, 0.717) is 27.3 Å². The molecule has 0 aliphatic carbocycles. The second kappa shape index (κ2) is 7.11. The maximum Gasteiger partial charge on any atom is 0.336 e. The van der Waals surface area contributed by atoms with Crippen molar-refractivity contribution in [2.45, 2.75) is 33.3 Å². The van der Waals surface area contributed by atoms with Crippen molar-refractivity contribution in [2.75, 3.05) is 0 Å². The number of benzene rings is 2. The van der Waals surface area contributed by atoms with Crippen molar-refractivity contribution in [2.24, 2.45) is 0 Å². The number of halogens is 2. The van der Waals surface area contributed by atoms with Crippen molar-refractivity contribution < 1.29 is 9.15 Å². The second-order valence-corrected chi connectivity index (χ2v) is 7.16. The Balaban J connectivity index is 2.04. The van der Waals surface area contributed by atoms with Crippen LogP contribution in [-0.4, -0.2) is 0 Å². The third-order valence-electron chi connectivity index (χ3n) is 4.12. The van der Waals surface area contributed by atoms with Crippen LogP contribution in [0.2, 0.25) is 10.0 Å². The van der Waals surface area contributed by atoms with E-state index in [-0.39, 0.29) is 6.61 Å². The molecule has 1 heterocycles. The molecule has 1 aromatic heterocycles. The van der Waals surface area contributed by atoms with Gasteiger partial charge in [-0.25, -0.2) is 4.79 Å². The first-order chi connectivity index (χ1) is 11.8. The van der Waals surface area contributed by atoms with Gasteiger partial charge in [0.25, 0.3) is 0 Å². The van der Waals surface area contributed by atoms with Crippen LogP contribution in [0.1, 0.15) is 36.5 Å². The first-order valence-corrected chi connectivity index (χ1v) is 8.76. The normalized spacial score (nSPS) is 11.3. The number of hydrogen-bond acceptors (Lipinski definition) is 3. The lowest BCUT2D eigenvalue weighted by atomic mass is 9.95.